The molecule has 3 rings (SSSR count). The van der Waals surface area contributed by atoms with Gasteiger partial charge >= 0.3 is 0 Å². The summed E-state index contributed by atoms with van der Waals surface area (Å²) in [5, 5.41) is 0.678. The zero-order chi connectivity index (χ0) is 14.8. The molecular formula is C15H13Cl2N3O. The summed E-state index contributed by atoms with van der Waals surface area (Å²) in [7, 11) is 1.60. The predicted molar refractivity (Wildman–Crippen MR) is 84.2 cm³/mol. The molecule has 0 saturated heterocycles. The number of nitrogens with zero attached hydrogens (tertiary/aromatic N) is 3. The second-order valence-electron chi connectivity index (χ2n) is 4.59. The number of pyridine rings is 1. The number of hydrogen-bond donors (Lipinski definition) is 0. The maximum absolute atomic E-state index is 6.08. The summed E-state index contributed by atoms with van der Waals surface area (Å²) in [4.78, 5) is 8.75. The smallest absolute Gasteiger partial charge is 0.212 e. The number of hydrogen-bond acceptors (Lipinski definition) is 3. The summed E-state index contributed by atoms with van der Waals surface area (Å²) in [5.41, 5.74) is 2.90. The van der Waals surface area contributed by atoms with Gasteiger partial charge in [-0.05, 0) is 23.8 Å². The van der Waals surface area contributed by atoms with Crippen LogP contribution in [-0.4, -0.2) is 21.6 Å². The van der Waals surface area contributed by atoms with Crippen molar-refractivity contribution in [2.45, 2.75) is 12.4 Å². The van der Waals surface area contributed by atoms with Crippen molar-refractivity contribution in [3.05, 3.63) is 52.9 Å². The summed E-state index contributed by atoms with van der Waals surface area (Å²) in [6.07, 6.45) is 1.78. The van der Waals surface area contributed by atoms with E-state index in [9.17, 15) is 0 Å². The number of imidazole rings is 1. The molecule has 108 valence electrons. The fourth-order valence-electron chi connectivity index (χ4n) is 2.23. The molecule has 0 aliphatic rings. The zero-order valence-electron chi connectivity index (χ0n) is 11.4. The third kappa shape index (κ3) is 2.82. The maximum Gasteiger partial charge on any atom is 0.212 e. The minimum absolute atomic E-state index is 0.343. The van der Waals surface area contributed by atoms with Crippen molar-refractivity contribution >= 4 is 34.2 Å². The summed E-state index contributed by atoms with van der Waals surface area (Å²) in [5.74, 6) is 1.75. The fourth-order valence-corrected chi connectivity index (χ4v) is 2.60. The third-order valence-corrected chi connectivity index (χ3v) is 3.73. The fraction of sp³-hybridized carbons (Fsp3) is 0.200. The van der Waals surface area contributed by atoms with Crippen molar-refractivity contribution in [3.63, 3.8) is 0 Å². The SMILES string of the molecule is COc1ccc(Cn2c(CCl)nc3ccc(Cl)cc32)cn1. The lowest BCUT2D eigenvalue weighted by molar-refractivity contribution is 0.397. The van der Waals surface area contributed by atoms with Crippen LogP contribution in [0.25, 0.3) is 11.0 Å². The molecule has 0 spiro atoms. The number of ether oxygens (including phenoxy) is 1. The molecule has 0 N–H and O–H groups in total. The van der Waals surface area contributed by atoms with Crippen LogP contribution in [0.2, 0.25) is 5.02 Å². The van der Waals surface area contributed by atoms with E-state index in [1.807, 2.05) is 30.3 Å². The molecule has 0 saturated carbocycles. The lowest BCUT2D eigenvalue weighted by atomic mass is 10.2. The van der Waals surface area contributed by atoms with E-state index in [1.54, 1.807) is 13.3 Å². The molecule has 0 aliphatic carbocycles. The lowest BCUT2D eigenvalue weighted by Crippen LogP contribution is -2.04. The Morgan fingerprint density at radius 3 is 2.76 bits per heavy atom. The van der Waals surface area contributed by atoms with Gasteiger partial charge in [-0.25, -0.2) is 9.97 Å². The van der Waals surface area contributed by atoms with Gasteiger partial charge in [0, 0.05) is 17.3 Å². The molecule has 0 aliphatic heterocycles. The van der Waals surface area contributed by atoms with E-state index in [-0.39, 0.29) is 0 Å². The highest BCUT2D eigenvalue weighted by Crippen LogP contribution is 2.23. The van der Waals surface area contributed by atoms with E-state index >= 15 is 0 Å². The molecule has 21 heavy (non-hydrogen) atoms. The van der Waals surface area contributed by atoms with Gasteiger partial charge in [0.15, 0.2) is 0 Å². The second-order valence-corrected chi connectivity index (χ2v) is 5.29. The Morgan fingerprint density at radius 1 is 1.24 bits per heavy atom. The van der Waals surface area contributed by atoms with Gasteiger partial charge < -0.3 is 9.30 Å². The Hall–Kier alpha value is -1.78. The first-order valence-electron chi connectivity index (χ1n) is 6.41. The van der Waals surface area contributed by atoms with Crippen LogP contribution < -0.4 is 4.74 Å². The van der Waals surface area contributed by atoms with Gasteiger partial charge in [-0.3, -0.25) is 0 Å². The monoisotopic (exact) mass is 321 g/mol. The molecule has 2 aromatic heterocycles. The van der Waals surface area contributed by atoms with Gasteiger partial charge in [-0.15, -0.1) is 11.6 Å². The number of benzene rings is 1. The van der Waals surface area contributed by atoms with Crippen molar-refractivity contribution in [2.75, 3.05) is 7.11 Å². The highest BCUT2D eigenvalue weighted by Gasteiger charge is 2.11. The summed E-state index contributed by atoms with van der Waals surface area (Å²) < 4.78 is 7.12. The van der Waals surface area contributed by atoms with Crippen molar-refractivity contribution < 1.29 is 4.74 Å². The van der Waals surface area contributed by atoms with Crippen LogP contribution in [0.15, 0.2) is 36.5 Å². The van der Waals surface area contributed by atoms with Crippen molar-refractivity contribution in [1.29, 1.82) is 0 Å². The molecule has 2 heterocycles. The Kier molecular flexibility index (Phi) is 3.99. The quantitative estimate of drug-likeness (QED) is 0.684. The Bertz CT molecular complexity index is 768. The summed E-state index contributed by atoms with van der Waals surface area (Å²) in [6, 6.07) is 9.43. The minimum Gasteiger partial charge on any atom is -0.481 e. The molecule has 1 aromatic carbocycles. The van der Waals surface area contributed by atoms with Crippen LogP contribution in [-0.2, 0) is 12.4 Å². The van der Waals surface area contributed by atoms with Crippen LogP contribution in [0, 0.1) is 0 Å². The standard InChI is InChI=1S/C15H13Cl2N3O/c1-21-15-5-2-10(8-18-15)9-20-13-6-11(17)3-4-12(13)19-14(20)7-16/h2-6,8H,7,9H2,1H3. The summed E-state index contributed by atoms with van der Waals surface area (Å²) in [6.45, 7) is 0.635. The highest BCUT2D eigenvalue weighted by molar-refractivity contribution is 6.31. The number of aromatic nitrogens is 3. The molecule has 3 aromatic rings. The molecular weight excluding hydrogens is 309 g/mol. The third-order valence-electron chi connectivity index (χ3n) is 3.26. The van der Waals surface area contributed by atoms with Gasteiger partial charge in [0.05, 0.1) is 30.6 Å². The maximum atomic E-state index is 6.08. The van der Waals surface area contributed by atoms with Gasteiger partial charge in [0.1, 0.15) is 5.82 Å². The Balaban J connectivity index is 2.03. The summed E-state index contributed by atoms with van der Waals surface area (Å²) >= 11 is 12.1. The molecule has 0 amide bonds. The number of fused-ring (bicyclic) bond motifs is 1. The van der Waals surface area contributed by atoms with E-state index < -0.39 is 0 Å². The lowest BCUT2D eigenvalue weighted by Gasteiger charge is -2.08. The first-order valence-corrected chi connectivity index (χ1v) is 7.32. The first kappa shape index (κ1) is 14.2. The average molecular weight is 322 g/mol. The highest BCUT2D eigenvalue weighted by atomic mass is 35.5. The number of halogens is 2. The number of methoxy groups -OCH3 is 1. The van der Waals surface area contributed by atoms with Crippen molar-refractivity contribution in [3.8, 4) is 5.88 Å². The van der Waals surface area contributed by atoms with Gasteiger partial charge in [0.2, 0.25) is 5.88 Å². The first-order chi connectivity index (χ1) is 10.2. The zero-order valence-corrected chi connectivity index (χ0v) is 12.9. The van der Waals surface area contributed by atoms with Crippen LogP contribution in [0.4, 0.5) is 0 Å². The number of alkyl halides is 1. The van der Waals surface area contributed by atoms with E-state index in [2.05, 4.69) is 14.5 Å². The van der Waals surface area contributed by atoms with Crippen molar-refractivity contribution in [1.82, 2.24) is 14.5 Å². The molecule has 0 fully saturated rings. The van der Waals surface area contributed by atoms with Crippen LogP contribution >= 0.6 is 23.2 Å². The normalized spacial score (nSPS) is 11.0. The van der Waals surface area contributed by atoms with E-state index in [0.717, 1.165) is 22.4 Å². The molecule has 0 atom stereocenters. The van der Waals surface area contributed by atoms with E-state index in [1.165, 1.54) is 0 Å². The Morgan fingerprint density at radius 2 is 2.10 bits per heavy atom. The van der Waals surface area contributed by atoms with Gasteiger partial charge in [0.25, 0.3) is 0 Å². The average Bonchev–Trinajstić information content (AvgIpc) is 2.85. The van der Waals surface area contributed by atoms with Crippen LogP contribution in [0.5, 0.6) is 5.88 Å². The van der Waals surface area contributed by atoms with Gasteiger partial charge in [-0.1, -0.05) is 17.7 Å². The molecule has 0 radical (unpaired) electrons. The molecule has 4 nitrogen and oxygen atoms in total. The van der Waals surface area contributed by atoms with E-state index in [4.69, 9.17) is 27.9 Å². The van der Waals surface area contributed by atoms with Gasteiger partial charge in [-0.2, -0.15) is 0 Å². The Labute approximate surface area is 132 Å². The van der Waals surface area contributed by atoms with Crippen molar-refractivity contribution in [2.24, 2.45) is 0 Å². The number of rotatable bonds is 4. The molecule has 6 heteroatoms. The predicted octanol–water partition coefficient (Wildman–Crippen LogP) is 3.88. The molecule has 0 unspecified atom stereocenters. The largest absolute Gasteiger partial charge is 0.481 e. The molecule has 0 bridgehead atoms. The minimum atomic E-state index is 0.343. The topological polar surface area (TPSA) is 39.9 Å². The second kappa shape index (κ2) is 5.92. The van der Waals surface area contributed by atoms with Crippen LogP contribution in [0.3, 0.4) is 0 Å². The van der Waals surface area contributed by atoms with E-state index in [0.29, 0.717) is 23.3 Å². The van der Waals surface area contributed by atoms with Crippen LogP contribution in [0.1, 0.15) is 11.4 Å².